The second kappa shape index (κ2) is 4.15. The van der Waals surface area contributed by atoms with Gasteiger partial charge in [-0.1, -0.05) is 30.7 Å². The molecule has 1 saturated carbocycles. The van der Waals surface area contributed by atoms with Crippen LogP contribution in [-0.4, -0.2) is 17.0 Å². The maximum absolute atomic E-state index is 11.8. The Bertz CT molecular complexity index is 365. The summed E-state index contributed by atoms with van der Waals surface area (Å²) < 4.78 is 0. The molecular weight excluding hydrogens is 188 g/mol. The monoisotopic (exact) mass is 204 g/mol. The molecule has 1 N–H and O–H groups in total. The maximum atomic E-state index is 11.8. The number of benzene rings is 1. The van der Waals surface area contributed by atoms with Crippen molar-refractivity contribution in [1.29, 1.82) is 0 Å². The van der Waals surface area contributed by atoms with E-state index < -0.39 is 6.10 Å². The average molecular weight is 204 g/mol. The first-order valence-electron chi connectivity index (χ1n) is 5.51. The highest BCUT2D eigenvalue weighted by atomic mass is 16.3. The van der Waals surface area contributed by atoms with Crippen LogP contribution in [0, 0.1) is 0 Å². The van der Waals surface area contributed by atoms with Crippen molar-refractivity contribution in [2.75, 3.05) is 0 Å². The Morgan fingerprint density at radius 2 is 2.07 bits per heavy atom. The van der Waals surface area contributed by atoms with Crippen LogP contribution < -0.4 is 0 Å². The fourth-order valence-electron chi connectivity index (χ4n) is 2.02. The van der Waals surface area contributed by atoms with Gasteiger partial charge in [-0.3, -0.25) is 4.79 Å². The Morgan fingerprint density at radius 3 is 2.60 bits per heavy atom. The highest BCUT2D eigenvalue weighted by molar-refractivity contribution is 6.00. The number of aliphatic hydroxyl groups excluding tert-OH is 1. The third kappa shape index (κ3) is 1.95. The van der Waals surface area contributed by atoms with Crippen molar-refractivity contribution in [3.8, 4) is 0 Å². The van der Waals surface area contributed by atoms with Gasteiger partial charge in [-0.25, -0.2) is 0 Å². The fraction of sp³-hybridized carbons (Fsp3) is 0.462. The van der Waals surface area contributed by atoms with Crippen molar-refractivity contribution in [3.63, 3.8) is 0 Å². The molecule has 2 heteroatoms. The summed E-state index contributed by atoms with van der Waals surface area (Å²) in [6, 6.07) is 7.66. The van der Waals surface area contributed by atoms with E-state index in [9.17, 15) is 9.90 Å². The molecule has 1 aliphatic rings. The molecule has 0 bridgehead atoms. The highest BCUT2D eigenvalue weighted by Crippen LogP contribution is 2.38. The van der Waals surface area contributed by atoms with Crippen LogP contribution in [0.3, 0.4) is 0 Å². The molecule has 0 aliphatic heterocycles. The lowest BCUT2D eigenvalue weighted by Crippen LogP contribution is -2.20. The summed E-state index contributed by atoms with van der Waals surface area (Å²) in [6.45, 7) is 1.53. The molecule has 0 radical (unpaired) electrons. The Labute approximate surface area is 89.9 Å². The van der Waals surface area contributed by atoms with Crippen LogP contribution in [0.1, 0.15) is 48.0 Å². The first-order chi connectivity index (χ1) is 7.20. The molecule has 0 heterocycles. The lowest BCUT2D eigenvalue weighted by Gasteiger charge is -2.27. The van der Waals surface area contributed by atoms with Gasteiger partial charge in [0.05, 0.1) is 0 Å². The molecule has 1 atom stereocenters. The van der Waals surface area contributed by atoms with Gasteiger partial charge in [-0.05, 0) is 31.2 Å². The largest absolute Gasteiger partial charge is 0.385 e. The van der Waals surface area contributed by atoms with E-state index in [0.29, 0.717) is 11.5 Å². The van der Waals surface area contributed by atoms with E-state index in [1.54, 1.807) is 0 Å². The van der Waals surface area contributed by atoms with Crippen LogP contribution >= 0.6 is 0 Å². The van der Waals surface area contributed by atoms with Gasteiger partial charge in [0.2, 0.25) is 0 Å². The number of hydrogen-bond acceptors (Lipinski definition) is 2. The van der Waals surface area contributed by atoms with Gasteiger partial charge in [-0.15, -0.1) is 0 Å². The summed E-state index contributed by atoms with van der Waals surface area (Å²) in [5.41, 5.74) is 1.83. The van der Waals surface area contributed by atoms with E-state index in [1.165, 1.54) is 26.2 Å². The standard InChI is InChI=1S/C13H16O2/c1-9(14)13(15)12-8-3-2-7-11(12)10-5-4-6-10/h2-3,7-10,14H,4-6H2,1H3. The molecule has 15 heavy (non-hydrogen) atoms. The molecule has 1 aromatic rings. The molecule has 1 unspecified atom stereocenters. The minimum atomic E-state index is -0.897. The van der Waals surface area contributed by atoms with E-state index in [-0.39, 0.29) is 5.78 Å². The molecule has 2 rings (SSSR count). The lowest BCUT2D eigenvalue weighted by molar-refractivity contribution is 0.0777. The van der Waals surface area contributed by atoms with Crippen LogP contribution in [0.25, 0.3) is 0 Å². The van der Waals surface area contributed by atoms with Crippen molar-refractivity contribution in [2.24, 2.45) is 0 Å². The van der Waals surface area contributed by atoms with E-state index in [0.717, 1.165) is 5.56 Å². The maximum Gasteiger partial charge on any atom is 0.191 e. The third-order valence-electron chi connectivity index (χ3n) is 3.15. The van der Waals surface area contributed by atoms with E-state index in [1.807, 2.05) is 24.3 Å². The fourth-order valence-corrected chi connectivity index (χ4v) is 2.02. The summed E-state index contributed by atoms with van der Waals surface area (Å²) in [5.74, 6) is 0.376. The van der Waals surface area contributed by atoms with E-state index in [4.69, 9.17) is 0 Å². The SMILES string of the molecule is CC(O)C(=O)c1ccccc1C1CCC1. The Balaban J connectivity index is 2.33. The second-order valence-corrected chi connectivity index (χ2v) is 4.26. The van der Waals surface area contributed by atoms with Crippen molar-refractivity contribution in [3.05, 3.63) is 35.4 Å². The number of Topliss-reactive ketones (excluding diaryl/α,β-unsaturated/α-hetero) is 1. The predicted octanol–water partition coefficient (Wildman–Crippen LogP) is 2.52. The van der Waals surface area contributed by atoms with Gasteiger partial charge >= 0.3 is 0 Å². The van der Waals surface area contributed by atoms with Crippen LogP contribution in [-0.2, 0) is 0 Å². The topological polar surface area (TPSA) is 37.3 Å². The predicted molar refractivity (Wildman–Crippen MR) is 59.0 cm³/mol. The first-order valence-corrected chi connectivity index (χ1v) is 5.51. The van der Waals surface area contributed by atoms with Gasteiger partial charge < -0.3 is 5.11 Å². The van der Waals surface area contributed by atoms with Gasteiger partial charge in [0.1, 0.15) is 6.10 Å². The lowest BCUT2D eigenvalue weighted by atomic mass is 9.77. The summed E-state index contributed by atoms with van der Waals surface area (Å²) in [6.07, 6.45) is 2.70. The number of hydrogen-bond donors (Lipinski definition) is 1. The molecular formula is C13H16O2. The minimum Gasteiger partial charge on any atom is -0.385 e. The number of rotatable bonds is 3. The number of carbonyl (C=O) groups is 1. The summed E-state index contributed by atoms with van der Waals surface area (Å²) >= 11 is 0. The molecule has 0 amide bonds. The quantitative estimate of drug-likeness (QED) is 0.768. The van der Waals surface area contributed by atoms with Crippen LogP contribution in [0.15, 0.2) is 24.3 Å². The number of aliphatic hydroxyl groups is 1. The molecule has 1 aromatic carbocycles. The van der Waals surface area contributed by atoms with Gasteiger partial charge in [0.25, 0.3) is 0 Å². The first kappa shape index (κ1) is 10.4. The van der Waals surface area contributed by atoms with Crippen molar-refractivity contribution in [1.82, 2.24) is 0 Å². The van der Waals surface area contributed by atoms with Crippen molar-refractivity contribution in [2.45, 2.75) is 38.2 Å². The molecule has 1 fully saturated rings. The molecule has 0 saturated heterocycles. The van der Waals surface area contributed by atoms with Crippen molar-refractivity contribution >= 4 is 5.78 Å². The molecule has 1 aliphatic carbocycles. The van der Waals surface area contributed by atoms with Gasteiger partial charge in [0.15, 0.2) is 5.78 Å². The average Bonchev–Trinajstić information content (AvgIpc) is 2.15. The van der Waals surface area contributed by atoms with Crippen LogP contribution in [0.4, 0.5) is 0 Å². The zero-order chi connectivity index (χ0) is 10.8. The summed E-state index contributed by atoms with van der Waals surface area (Å²) in [7, 11) is 0. The Hall–Kier alpha value is -1.15. The molecule has 80 valence electrons. The Kier molecular flexibility index (Phi) is 2.87. The normalized spacial score (nSPS) is 18.3. The zero-order valence-electron chi connectivity index (χ0n) is 8.94. The number of carbonyl (C=O) groups excluding carboxylic acids is 1. The van der Waals surface area contributed by atoms with E-state index >= 15 is 0 Å². The smallest absolute Gasteiger partial charge is 0.191 e. The van der Waals surface area contributed by atoms with Crippen molar-refractivity contribution < 1.29 is 9.90 Å². The summed E-state index contributed by atoms with van der Waals surface area (Å²) in [4.78, 5) is 11.8. The number of ketones is 1. The van der Waals surface area contributed by atoms with Gasteiger partial charge in [-0.2, -0.15) is 0 Å². The van der Waals surface area contributed by atoms with E-state index in [2.05, 4.69) is 0 Å². The zero-order valence-corrected chi connectivity index (χ0v) is 8.94. The van der Waals surface area contributed by atoms with Crippen LogP contribution in [0.5, 0.6) is 0 Å². The Morgan fingerprint density at radius 1 is 1.40 bits per heavy atom. The molecule has 2 nitrogen and oxygen atoms in total. The summed E-state index contributed by atoms with van der Waals surface area (Å²) in [5, 5.41) is 9.32. The van der Waals surface area contributed by atoms with Crippen LogP contribution in [0.2, 0.25) is 0 Å². The second-order valence-electron chi connectivity index (χ2n) is 4.26. The molecule has 0 aromatic heterocycles. The minimum absolute atomic E-state index is 0.155. The molecule has 0 spiro atoms. The van der Waals surface area contributed by atoms with Gasteiger partial charge in [0, 0.05) is 5.56 Å². The highest BCUT2D eigenvalue weighted by Gasteiger charge is 2.25. The third-order valence-corrected chi connectivity index (χ3v) is 3.15.